The van der Waals surface area contributed by atoms with Crippen molar-refractivity contribution in [1.29, 1.82) is 0 Å². The number of nitrogens with zero attached hydrogens (tertiary/aromatic N) is 2. The van der Waals surface area contributed by atoms with Crippen molar-refractivity contribution in [1.82, 2.24) is 9.80 Å². The van der Waals surface area contributed by atoms with Gasteiger partial charge in [-0.1, -0.05) is 54.1 Å². The first kappa shape index (κ1) is 19.2. The van der Waals surface area contributed by atoms with Crippen molar-refractivity contribution in [2.45, 2.75) is 12.8 Å². The third-order valence-electron chi connectivity index (χ3n) is 4.70. The molecule has 0 aliphatic carbocycles. The average Bonchev–Trinajstić information content (AvgIpc) is 2.72. The van der Waals surface area contributed by atoms with E-state index in [9.17, 15) is 9.59 Å². The number of carbonyl (C=O) groups excluding carboxylic acids is 2. The molecule has 1 saturated heterocycles. The monoisotopic (exact) mass is 382 g/mol. The van der Waals surface area contributed by atoms with E-state index in [0.29, 0.717) is 44.0 Å². The molecule has 1 heterocycles. The third-order valence-corrected chi connectivity index (χ3v) is 4.95. The summed E-state index contributed by atoms with van der Waals surface area (Å²) in [5.74, 6) is 0.129. The van der Waals surface area contributed by atoms with Crippen LogP contribution < -0.4 is 0 Å². The highest BCUT2D eigenvalue weighted by molar-refractivity contribution is 6.30. The van der Waals surface area contributed by atoms with Gasteiger partial charge in [-0.2, -0.15) is 0 Å². The maximum atomic E-state index is 12.4. The first-order valence-corrected chi connectivity index (χ1v) is 9.54. The van der Waals surface area contributed by atoms with Crippen molar-refractivity contribution in [3.8, 4) is 0 Å². The number of piperazine rings is 1. The van der Waals surface area contributed by atoms with Crippen molar-refractivity contribution < 1.29 is 9.59 Å². The van der Waals surface area contributed by atoms with Gasteiger partial charge in [0.15, 0.2) is 0 Å². The summed E-state index contributed by atoms with van der Waals surface area (Å²) in [4.78, 5) is 28.4. The predicted molar refractivity (Wildman–Crippen MR) is 108 cm³/mol. The molecule has 0 N–H and O–H groups in total. The van der Waals surface area contributed by atoms with E-state index in [1.165, 1.54) is 0 Å². The van der Waals surface area contributed by atoms with Crippen LogP contribution in [0, 0.1) is 0 Å². The zero-order chi connectivity index (χ0) is 19.1. The van der Waals surface area contributed by atoms with Crippen molar-refractivity contribution >= 4 is 29.5 Å². The summed E-state index contributed by atoms with van der Waals surface area (Å²) >= 11 is 5.88. The topological polar surface area (TPSA) is 40.6 Å². The molecule has 4 nitrogen and oxygen atoms in total. The molecule has 0 aromatic heterocycles. The van der Waals surface area contributed by atoms with Crippen molar-refractivity contribution in [3.63, 3.8) is 0 Å². The number of rotatable bonds is 5. The van der Waals surface area contributed by atoms with Gasteiger partial charge in [0, 0.05) is 43.7 Å². The molecule has 3 rings (SSSR count). The second-order valence-electron chi connectivity index (χ2n) is 6.58. The molecule has 5 heteroatoms. The minimum Gasteiger partial charge on any atom is -0.339 e. The molecule has 2 amide bonds. The molecule has 0 atom stereocenters. The van der Waals surface area contributed by atoms with E-state index in [2.05, 4.69) is 0 Å². The lowest BCUT2D eigenvalue weighted by Gasteiger charge is -2.34. The van der Waals surface area contributed by atoms with E-state index in [4.69, 9.17) is 11.6 Å². The van der Waals surface area contributed by atoms with Gasteiger partial charge >= 0.3 is 0 Å². The Morgan fingerprint density at radius 1 is 0.889 bits per heavy atom. The second-order valence-corrected chi connectivity index (χ2v) is 7.01. The maximum Gasteiger partial charge on any atom is 0.246 e. The summed E-state index contributed by atoms with van der Waals surface area (Å²) in [7, 11) is 0. The van der Waals surface area contributed by atoms with Gasteiger partial charge in [0.25, 0.3) is 0 Å². The molecule has 2 aromatic rings. The highest BCUT2D eigenvalue weighted by Gasteiger charge is 2.22. The third kappa shape index (κ3) is 5.69. The molecule has 1 fully saturated rings. The van der Waals surface area contributed by atoms with E-state index in [1.807, 2.05) is 65.6 Å². The Hall–Kier alpha value is -2.59. The molecule has 0 bridgehead atoms. The van der Waals surface area contributed by atoms with Crippen LogP contribution in [-0.4, -0.2) is 47.8 Å². The highest BCUT2D eigenvalue weighted by Crippen LogP contribution is 2.12. The Kier molecular flexibility index (Phi) is 6.66. The van der Waals surface area contributed by atoms with Gasteiger partial charge in [-0.05, 0) is 35.8 Å². The van der Waals surface area contributed by atoms with Gasteiger partial charge in [0.1, 0.15) is 0 Å². The number of halogens is 1. The minimum atomic E-state index is -0.00730. The standard InChI is InChI=1S/C22H23ClN2O2/c23-20-10-6-19(7-11-20)9-13-22(27)25-16-14-24(15-17-25)21(26)12-8-18-4-2-1-3-5-18/h1-8,10-12H,9,13-17H2/b12-8+. The Labute approximate surface area is 165 Å². The zero-order valence-corrected chi connectivity index (χ0v) is 15.9. The Morgan fingerprint density at radius 3 is 2.19 bits per heavy atom. The van der Waals surface area contributed by atoms with Gasteiger partial charge in [-0.25, -0.2) is 0 Å². The summed E-state index contributed by atoms with van der Waals surface area (Å²) < 4.78 is 0. The summed E-state index contributed by atoms with van der Waals surface area (Å²) in [5.41, 5.74) is 2.11. The van der Waals surface area contributed by atoms with E-state index in [1.54, 1.807) is 11.0 Å². The fraction of sp³-hybridized carbons (Fsp3) is 0.273. The molecular formula is C22H23ClN2O2. The van der Waals surface area contributed by atoms with E-state index in [0.717, 1.165) is 11.1 Å². The highest BCUT2D eigenvalue weighted by atomic mass is 35.5. The first-order chi connectivity index (χ1) is 13.1. The first-order valence-electron chi connectivity index (χ1n) is 9.16. The Morgan fingerprint density at radius 2 is 1.52 bits per heavy atom. The lowest BCUT2D eigenvalue weighted by Crippen LogP contribution is -2.50. The van der Waals surface area contributed by atoms with E-state index in [-0.39, 0.29) is 11.8 Å². The Bertz CT molecular complexity index is 795. The molecule has 0 radical (unpaired) electrons. The summed E-state index contributed by atoms with van der Waals surface area (Å²) in [6.45, 7) is 2.32. The van der Waals surface area contributed by atoms with Gasteiger partial charge < -0.3 is 9.80 Å². The molecule has 140 valence electrons. The lowest BCUT2D eigenvalue weighted by atomic mass is 10.1. The Balaban J connectivity index is 1.43. The van der Waals surface area contributed by atoms with Gasteiger partial charge in [0.2, 0.25) is 11.8 Å². The smallest absolute Gasteiger partial charge is 0.246 e. The van der Waals surface area contributed by atoms with Gasteiger partial charge in [-0.15, -0.1) is 0 Å². The van der Waals surface area contributed by atoms with Crippen LogP contribution in [0.2, 0.25) is 5.02 Å². The van der Waals surface area contributed by atoms with Crippen LogP contribution in [0.15, 0.2) is 60.7 Å². The summed E-state index contributed by atoms with van der Waals surface area (Å²) in [6.07, 6.45) is 4.61. The molecule has 0 spiro atoms. The zero-order valence-electron chi connectivity index (χ0n) is 15.2. The van der Waals surface area contributed by atoms with Crippen LogP contribution in [0.25, 0.3) is 6.08 Å². The van der Waals surface area contributed by atoms with Crippen molar-refractivity contribution in [3.05, 3.63) is 76.8 Å². The number of benzene rings is 2. The van der Waals surface area contributed by atoms with Crippen LogP contribution in [0.4, 0.5) is 0 Å². The number of hydrogen-bond acceptors (Lipinski definition) is 2. The van der Waals surface area contributed by atoms with Crippen LogP contribution in [0.1, 0.15) is 17.5 Å². The molecule has 0 saturated carbocycles. The maximum absolute atomic E-state index is 12.4. The molecule has 27 heavy (non-hydrogen) atoms. The SMILES string of the molecule is O=C(/C=C/c1ccccc1)N1CCN(C(=O)CCc2ccc(Cl)cc2)CC1. The second kappa shape index (κ2) is 9.38. The number of carbonyl (C=O) groups is 2. The van der Waals surface area contributed by atoms with E-state index >= 15 is 0 Å². The summed E-state index contributed by atoms with van der Waals surface area (Å²) in [5, 5.41) is 0.701. The quantitative estimate of drug-likeness (QED) is 0.740. The molecular weight excluding hydrogens is 360 g/mol. The fourth-order valence-corrected chi connectivity index (χ4v) is 3.20. The van der Waals surface area contributed by atoms with Crippen molar-refractivity contribution in [2.24, 2.45) is 0 Å². The van der Waals surface area contributed by atoms with Crippen LogP contribution >= 0.6 is 11.6 Å². The predicted octanol–water partition coefficient (Wildman–Crippen LogP) is 3.66. The van der Waals surface area contributed by atoms with Crippen molar-refractivity contribution in [2.75, 3.05) is 26.2 Å². The van der Waals surface area contributed by atoms with Gasteiger partial charge in [0.05, 0.1) is 0 Å². The minimum absolute atomic E-state index is 0.00730. The van der Waals surface area contributed by atoms with Crippen LogP contribution in [-0.2, 0) is 16.0 Å². The van der Waals surface area contributed by atoms with Crippen LogP contribution in [0.5, 0.6) is 0 Å². The molecule has 1 aliphatic rings. The summed E-state index contributed by atoms with van der Waals surface area (Å²) in [6, 6.07) is 17.3. The number of hydrogen-bond donors (Lipinski definition) is 0. The average molecular weight is 383 g/mol. The molecule has 1 aliphatic heterocycles. The normalized spacial score (nSPS) is 14.6. The lowest BCUT2D eigenvalue weighted by molar-refractivity contribution is -0.137. The van der Waals surface area contributed by atoms with Crippen LogP contribution in [0.3, 0.4) is 0 Å². The number of aryl methyl sites for hydroxylation is 1. The number of amides is 2. The van der Waals surface area contributed by atoms with Gasteiger partial charge in [-0.3, -0.25) is 9.59 Å². The molecule has 0 unspecified atom stereocenters. The fourth-order valence-electron chi connectivity index (χ4n) is 3.07. The largest absolute Gasteiger partial charge is 0.339 e. The van der Waals surface area contributed by atoms with E-state index < -0.39 is 0 Å². The molecule has 2 aromatic carbocycles.